The number of nitrogens with one attached hydrogen (secondary N) is 2. The van der Waals surface area contributed by atoms with E-state index in [1.807, 2.05) is 0 Å². The van der Waals surface area contributed by atoms with Crippen molar-refractivity contribution in [2.24, 2.45) is 0 Å². The molecule has 20 heavy (non-hydrogen) atoms. The molecule has 2 rings (SSSR count). The zero-order valence-electron chi connectivity index (χ0n) is 10.4. The second kappa shape index (κ2) is 6.36. The Morgan fingerprint density at radius 1 is 1.40 bits per heavy atom. The molecule has 1 aromatic carbocycles. The summed E-state index contributed by atoms with van der Waals surface area (Å²) < 4.78 is 14.0. The highest BCUT2D eigenvalue weighted by atomic mass is 127. The Morgan fingerprint density at radius 3 is 2.80 bits per heavy atom. The summed E-state index contributed by atoms with van der Waals surface area (Å²) in [6, 6.07) is 6.22. The van der Waals surface area contributed by atoms with Gasteiger partial charge in [-0.2, -0.15) is 0 Å². The molecule has 0 atom stereocenters. The fourth-order valence-electron chi connectivity index (χ4n) is 1.59. The standard InChI is InChI=1S/C13H10ClFIN3O/c1-17-12-9(5-8(15)6-18-12)13(20)19-11-3-2-7(14)4-10(11)16/h2-6H,1H3,(H,17,18)(H,19,20). The maximum Gasteiger partial charge on any atom is 0.259 e. The lowest BCUT2D eigenvalue weighted by Crippen LogP contribution is -2.16. The van der Waals surface area contributed by atoms with E-state index in [0.717, 1.165) is 15.8 Å². The Labute approximate surface area is 133 Å². The molecule has 2 aromatic rings. The van der Waals surface area contributed by atoms with Crippen molar-refractivity contribution in [1.82, 2.24) is 4.98 Å². The fourth-order valence-corrected chi connectivity index (χ4v) is 2.60. The number of carbonyl (C=O) groups is 1. The Hall–Kier alpha value is -1.41. The summed E-state index contributed by atoms with van der Waals surface area (Å²) in [5.74, 6) is -0.700. The molecule has 104 valence electrons. The minimum Gasteiger partial charge on any atom is -0.372 e. The first-order valence-electron chi connectivity index (χ1n) is 5.61. The predicted octanol–water partition coefficient (Wildman–Crippen LogP) is 3.77. The maximum absolute atomic E-state index is 13.2. The van der Waals surface area contributed by atoms with Crippen LogP contribution < -0.4 is 10.6 Å². The third kappa shape index (κ3) is 3.37. The zero-order valence-corrected chi connectivity index (χ0v) is 13.3. The van der Waals surface area contributed by atoms with Gasteiger partial charge >= 0.3 is 0 Å². The summed E-state index contributed by atoms with van der Waals surface area (Å²) in [6.45, 7) is 0. The number of benzene rings is 1. The van der Waals surface area contributed by atoms with E-state index in [0.29, 0.717) is 16.5 Å². The minimum absolute atomic E-state index is 0.137. The van der Waals surface area contributed by atoms with Crippen LogP contribution in [0.25, 0.3) is 0 Å². The number of anilines is 2. The van der Waals surface area contributed by atoms with Crippen molar-refractivity contribution < 1.29 is 9.18 Å². The summed E-state index contributed by atoms with van der Waals surface area (Å²) in [4.78, 5) is 16.0. The highest BCUT2D eigenvalue weighted by molar-refractivity contribution is 14.1. The average Bonchev–Trinajstić information content (AvgIpc) is 2.41. The molecule has 1 aromatic heterocycles. The lowest BCUT2D eigenvalue weighted by atomic mass is 10.2. The molecule has 0 aliphatic carbocycles. The number of halogens is 3. The summed E-state index contributed by atoms with van der Waals surface area (Å²) in [7, 11) is 1.61. The lowest BCUT2D eigenvalue weighted by Gasteiger charge is -2.10. The largest absolute Gasteiger partial charge is 0.372 e. The fraction of sp³-hybridized carbons (Fsp3) is 0.0769. The first-order valence-corrected chi connectivity index (χ1v) is 7.06. The first kappa shape index (κ1) is 15.0. The van der Waals surface area contributed by atoms with Crippen LogP contribution in [0.4, 0.5) is 15.9 Å². The van der Waals surface area contributed by atoms with Gasteiger partial charge in [0.05, 0.1) is 17.4 Å². The van der Waals surface area contributed by atoms with Crippen molar-refractivity contribution in [3.63, 3.8) is 0 Å². The predicted molar refractivity (Wildman–Crippen MR) is 85.9 cm³/mol. The third-order valence-electron chi connectivity index (χ3n) is 2.52. The summed E-state index contributed by atoms with van der Waals surface area (Å²) in [5, 5.41) is 6.03. The molecule has 0 saturated heterocycles. The van der Waals surface area contributed by atoms with Crippen LogP contribution in [-0.2, 0) is 0 Å². The van der Waals surface area contributed by atoms with Crippen LogP contribution in [0.3, 0.4) is 0 Å². The lowest BCUT2D eigenvalue weighted by molar-refractivity contribution is 0.102. The van der Waals surface area contributed by atoms with E-state index in [2.05, 4.69) is 38.2 Å². The topological polar surface area (TPSA) is 54.0 Å². The van der Waals surface area contributed by atoms with E-state index in [9.17, 15) is 9.18 Å². The molecule has 0 spiro atoms. The summed E-state index contributed by atoms with van der Waals surface area (Å²) in [5.41, 5.74) is 0.740. The highest BCUT2D eigenvalue weighted by Crippen LogP contribution is 2.23. The number of pyridine rings is 1. The summed E-state index contributed by atoms with van der Waals surface area (Å²) >= 11 is 7.91. The van der Waals surface area contributed by atoms with Crippen molar-refractivity contribution >= 4 is 51.6 Å². The average molecular weight is 406 g/mol. The van der Waals surface area contributed by atoms with Crippen LogP contribution in [0.2, 0.25) is 5.02 Å². The van der Waals surface area contributed by atoms with E-state index >= 15 is 0 Å². The van der Waals surface area contributed by atoms with E-state index in [1.165, 1.54) is 0 Å². The molecule has 0 radical (unpaired) electrons. The molecule has 0 bridgehead atoms. The third-order valence-corrected chi connectivity index (χ3v) is 3.64. The van der Waals surface area contributed by atoms with Crippen LogP contribution in [0.15, 0.2) is 30.5 Å². The van der Waals surface area contributed by atoms with Gasteiger partial charge in [0.25, 0.3) is 5.91 Å². The minimum atomic E-state index is -0.569. The van der Waals surface area contributed by atoms with Crippen molar-refractivity contribution in [3.05, 3.63) is 50.4 Å². The highest BCUT2D eigenvalue weighted by Gasteiger charge is 2.14. The van der Waals surface area contributed by atoms with Gasteiger partial charge in [0, 0.05) is 15.6 Å². The van der Waals surface area contributed by atoms with Crippen LogP contribution in [0.5, 0.6) is 0 Å². The van der Waals surface area contributed by atoms with E-state index < -0.39 is 11.7 Å². The first-order chi connectivity index (χ1) is 9.51. The van der Waals surface area contributed by atoms with Crippen molar-refractivity contribution in [3.8, 4) is 0 Å². The Balaban J connectivity index is 2.30. The second-order valence-corrected chi connectivity index (χ2v) is 5.48. The SMILES string of the molecule is CNc1ncc(F)cc1C(=O)Nc1ccc(Cl)cc1I. The van der Waals surface area contributed by atoms with Gasteiger partial charge in [-0.05, 0) is 46.9 Å². The van der Waals surface area contributed by atoms with Gasteiger partial charge in [-0.15, -0.1) is 0 Å². The molecule has 0 unspecified atom stereocenters. The van der Waals surface area contributed by atoms with E-state index in [-0.39, 0.29) is 5.56 Å². The molecule has 4 nitrogen and oxygen atoms in total. The second-order valence-electron chi connectivity index (χ2n) is 3.88. The van der Waals surface area contributed by atoms with Gasteiger partial charge in [-0.1, -0.05) is 11.6 Å². The Morgan fingerprint density at radius 2 is 2.15 bits per heavy atom. The Bertz CT molecular complexity index is 666. The molecule has 0 aliphatic heterocycles. The number of amides is 1. The number of hydrogen-bond acceptors (Lipinski definition) is 3. The molecular formula is C13H10ClFIN3O. The smallest absolute Gasteiger partial charge is 0.259 e. The van der Waals surface area contributed by atoms with Crippen molar-refractivity contribution in [1.29, 1.82) is 0 Å². The number of rotatable bonds is 3. The summed E-state index contributed by atoms with van der Waals surface area (Å²) in [6.07, 6.45) is 1.05. The molecule has 7 heteroatoms. The van der Waals surface area contributed by atoms with Gasteiger partial charge in [0.15, 0.2) is 0 Å². The van der Waals surface area contributed by atoms with Gasteiger partial charge in [0.2, 0.25) is 0 Å². The van der Waals surface area contributed by atoms with Crippen LogP contribution >= 0.6 is 34.2 Å². The van der Waals surface area contributed by atoms with Crippen molar-refractivity contribution in [2.45, 2.75) is 0 Å². The number of aromatic nitrogens is 1. The number of hydrogen-bond donors (Lipinski definition) is 2. The number of nitrogens with zero attached hydrogens (tertiary/aromatic N) is 1. The van der Waals surface area contributed by atoms with Gasteiger partial charge < -0.3 is 10.6 Å². The molecule has 0 aliphatic rings. The molecule has 1 amide bonds. The Kier molecular flexibility index (Phi) is 4.77. The molecule has 2 N–H and O–H groups in total. The molecule has 1 heterocycles. The van der Waals surface area contributed by atoms with Gasteiger partial charge in [0.1, 0.15) is 11.6 Å². The molecule has 0 fully saturated rings. The van der Waals surface area contributed by atoms with Crippen molar-refractivity contribution in [2.75, 3.05) is 17.7 Å². The van der Waals surface area contributed by atoms with Gasteiger partial charge in [-0.25, -0.2) is 9.37 Å². The van der Waals surface area contributed by atoms with Crippen LogP contribution in [0.1, 0.15) is 10.4 Å². The molecule has 0 saturated carbocycles. The quantitative estimate of drug-likeness (QED) is 0.764. The normalized spacial score (nSPS) is 10.2. The van der Waals surface area contributed by atoms with Crippen LogP contribution in [-0.4, -0.2) is 17.9 Å². The van der Waals surface area contributed by atoms with E-state index in [4.69, 9.17) is 11.6 Å². The molecular weight excluding hydrogens is 396 g/mol. The number of carbonyl (C=O) groups excluding carboxylic acids is 1. The van der Waals surface area contributed by atoms with Crippen LogP contribution in [0, 0.1) is 9.39 Å². The maximum atomic E-state index is 13.2. The zero-order chi connectivity index (χ0) is 14.7. The monoisotopic (exact) mass is 405 g/mol. The van der Waals surface area contributed by atoms with Gasteiger partial charge in [-0.3, -0.25) is 4.79 Å². The van der Waals surface area contributed by atoms with E-state index in [1.54, 1.807) is 25.2 Å².